The summed E-state index contributed by atoms with van der Waals surface area (Å²) in [6.07, 6.45) is -4.81. The summed E-state index contributed by atoms with van der Waals surface area (Å²) >= 11 is 6.75. The van der Waals surface area contributed by atoms with Gasteiger partial charge < -0.3 is 15.0 Å². The van der Waals surface area contributed by atoms with Crippen molar-refractivity contribution < 1.29 is 27.1 Å². The highest BCUT2D eigenvalue weighted by Crippen LogP contribution is 2.34. The fraction of sp³-hybridized carbons (Fsp3) is 0.111. The van der Waals surface area contributed by atoms with E-state index in [9.17, 15) is 27.2 Å². The number of thioether (sulfide) groups is 1. The first-order chi connectivity index (χ1) is 19.0. The summed E-state index contributed by atoms with van der Waals surface area (Å²) in [4.78, 5) is 35.4. The number of hydrogen-bond donors (Lipinski definition) is 2. The smallest absolute Gasteiger partial charge is 0.416 e. The molecule has 2 N–H and O–H groups in total. The van der Waals surface area contributed by atoms with Gasteiger partial charge in [-0.15, -0.1) is 0 Å². The van der Waals surface area contributed by atoms with Gasteiger partial charge in [-0.05, 0) is 47.5 Å². The Morgan fingerprint density at radius 2 is 1.90 bits per heavy atom. The minimum absolute atomic E-state index is 0.156. The van der Waals surface area contributed by atoms with Crippen LogP contribution in [0, 0.1) is 12.4 Å². The highest BCUT2D eigenvalue weighted by Gasteiger charge is 2.33. The average Bonchev–Trinajstić information content (AvgIpc) is 2.93. The molecule has 204 valence electrons. The van der Waals surface area contributed by atoms with Crippen molar-refractivity contribution in [2.24, 2.45) is 0 Å². The van der Waals surface area contributed by atoms with Gasteiger partial charge in [0, 0.05) is 11.4 Å². The molecule has 7 nitrogen and oxygen atoms in total. The van der Waals surface area contributed by atoms with Crippen LogP contribution in [-0.2, 0) is 11.9 Å². The van der Waals surface area contributed by atoms with Crippen molar-refractivity contribution in [2.75, 3.05) is 12.4 Å². The number of aromatic nitrogens is 2. The zero-order valence-corrected chi connectivity index (χ0v) is 22.0. The van der Waals surface area contributed by atoms with Gasteiger partial charge in [-0.3, -0.25) is 9.59 Å². The lowest BCUT2D eigenvalue weighted by Crippen LogP contribution is -2.16. The maximum atomic E-state index is 14.3. The maximum absolute atomic E-state index is 14.3. The van der Waals surface area contributed by atoms with Crippen molar-refractivity contribution in [2.45, 2.75) is 17.1 Å². The van der Waals surface area contributed by atoms with Crippen LogP contribution in [0.4, 0.5) is 28.9 Å². The molecule has 0 fully saturated rings. The van der Waals surface area contributed by atoms with Crippen LogP contribution >= 0.6 is 23.4 Å². The fourth-order valence-electron chi connectivity index (χ4n) is 3.54. The number of alkyl halides is 3. The minimum Gasteiger partial charge on any atom is -0.497 e. The number of hydrogen-bond acceptors (Lipinski definition) is 5. The summed E-state index contributed by atoms with van der Waals surface area (Å²) in [5, 5.41) is 1.80. The Morgan fingerprint density at radius 1 is 1.18 bits per heavy atom. The minimum atomic E-state index is -4.81. The molecule has 0 spiro atoms. The van der Waals surface area contributed by atoms with Gasteiger partial charge in [0.15, 0.2) is 11.0 Å². The summed E-state index contributed by atoms with van der Waals surface area (Å²) in [6, 6.07) is 13.9. The van der Waals surface area contributed by atoms with E-state index in [1.54, 1.807) is 36.4 Å². The SMILES string of the molecule is [C-]#[N+]c1c(-c2cccc(OC)c2)nc(SCc2ccc(NC(=O)c3cc(C(F)(F)F)cc(Cl)c3F)cc2)[nH]c1=O. The molecule has 0 aliphatic rings. The summed E-state index contributed by atoms with van der Waals surface area (Å²) in [7, 11) is 1.50. The van der Waals surface area contributed by atoms with Gasteiger partial charge in [0.1, 0.15) is 5.75 Å². The van der Waals surface area contributed by atoms with E-state index >= 15 is 0 Å². The molecule has 1 amide bonds. The van der Waals surface area contributed by atoms with Crippen LogP contribution in [0.15, 0.2) is 70.6 Å². The van der Waals surface area contributed by atoms with Crippen molar-refractivity contribution >= 4 is 40.6 Å². The van der Waals surface area contributed by atoms with Crippen LogP contribution in [-0.4, -0.2) is 23.0 Å². The number of carbonyl (C=O) groups is 1. The van der Waals surface area contributed by atoms with Crippen molar-refractivity contribution in [3.05, 3.63) is 110 Å². The lowest BCUT2D eigenvalue weighted by atomic mass is 10.1. The Bertz CT molecular complexity index is 1690. The standard InChI is InChI=1S/C27H17ClF4N4O3S/c1-33-23-22(15-4-3-5-18(10-15)39-2)35-26(36-25(23)38)40-13-14-6-8-17(9-7-14)34-24(37)19-11-16(27(30,31)32)12-20(28)21(19)29/h3-12H,13H2,2H3,(H,34,37)(H,35,36,38). The van der Waals surface area contributed by atoms with Crippen molar-refractivity contribution in [1.29, 1.82) is 0 Å². The number of anilines is 1. The number of nitrogens with zero attached hydrogens (tertiary/aromatic N) is 2. The molecule has 1 heterocycles. The summed E-state index contributed by atoms with van der Waals surface area (Å²) < 4.78 is 58.7. The molecule has 0 saturated heterocycles. The highest BCUT2D eigenvalue weighted by molar-refractivity contribution is 7.98. The molecule has 4 rings (SSSR count). The van der Waals surface area contributed by atoms with E-state index in [2.05, 4.69) is 20.1 Å². The Kier molecular flexibility index (Phi) is 8.46. The molecule has 0 atom stereocenters. The molecular formula is C27H17ClF4N4O3S. The van der Waals surface area contributed by atoms with Gasteiger partial charge in [-0.1, -0.05) is 47.6 Å². The molecular weight excluding hydrogens is 572 g/mol. The van der Waals surface area contributed by atoms with Crippen LogP contribution in [0.3, 0.4) is 0 Å². The third-order valence-electron chi connectivity index (χ3n) is 5.52. The third-order valence-corrected chi connectivity index (χ3v) is 6.74. The molecule has 0 unspecified atom stereocenters. The van der Waals surface area contributed by atoms with Crippen LogP contribution in [0.25, 0.3) is 16.1 Å². The van der Waals surface area contributed by atoms with Crippen molar-refractivity contribution in [3.8, 4) is 17.0 Å². The summed E-state index contributed by atoms with van der Waals surface area (Å²) in [6.45, 7) is 7.38. The number of nitrogens with one attached hydrogen (secondary N) is 2. The zero-order valence-electron chi connectivity index (χ0n) is 20.4. The molecule has 0 radical (unpaired) electrons. The number of carbonyl (C=O) groups excluding carboxylic acids is 1. The van der Waals surface area contributed by atoms with E-state index in [-0.39, 0.29) is 22.2 Å². The molecule has 0 aliphatic heterocycles. The molecule has 3 aromatic carbocycles. The molecule has 0 saturated carbocycles. The van der Waals surface area contributed by atoms with Gasteiger partial charge in [0.2, 0.25) is 0 Å². The summed E-state index contributed by atoms with van der Waals surface area (Å²) in [5.41, 5.74) is -1.14. The first-order valence-electron chi connectivity index (χ1n) is 11.3. The second kappa shape index (κ2) is 11.8. The lowest BCUT2D eigenvalue weighted by Gasteiger charge is -2.12. The topological polar surface area (TPSA) is 88.4 Å². The Labute approximate surface area is 234 Å². The molecule has 40 heavy (non-hydrogen) atoms. The van der Waals surface area contributed by atoms with Gasteiger partial charge in [0.05, 0.1) is 35.5 Å². The summed E-state index contributed by atoms with van der Waals surface area (Å²) in [5.74, 6) is -1.49. The highest BCUT2D eigenvalue weighted by atomic mass is 35.5. The Balaban J connectivity index is 1.49. The number of rotatable bonds is 7. The van der Waals surface area contributed by atoms with Crippen LogP contribution in [0.2, 0.25) is 5.02 Å². The largest absolute Gasteiger partial charge is 0.497 e. The number of benzene rings is 3. The number of aromatic amines is 1. The Hall–Kier alpha value is -4.34. The van der Waals surface area contributed by atoms with Crippen molar-refractivity contribution in [1.82, 2.24) is 9.97 Å². The van der Waals surface area contributed by atoms with Gasteiger partial charge in [-0.25, -0.2) is 14.2 Å². The van der Waals surface area contributed by atoms with Crippen LogP contribution in [0.1, 0.15) is 21.5 Å². The molecule has 0 aliphatic carbocycles. The second-order valence-corrected chi connectivity index (χ2v) is 9.54. The normalized spacial score (nSPS) is 11.1. The maximum Gasteiger partial charge on any atom is 0.416 e. The number of ether oxygens (including phenoxy) is 1. The van der Waals surface area contributed by atoms with Gasteiger partial charge >= 0.3 is 6.18 Å². The van der Waals surface area contributed by atoms with E-state index < -0.39 is 39.6 Å². The first-order valence-corrected chi connectivity index (χ1v) is 12.6. The number of methoxy groups -OCH3 is 1. The molecule has 13 heteroatoms. The molecule has 0 bridgehead atoms. The predicted molar refractivity (Wildman–Crippen MR) is 143 cm³/mol. The second-order valence-electron chi connectivity index (χ2n) is 8.17. The Morgan fingerprint density at radius 3 is 2.55 bits per heavy atom. The van der Waals surface area contributed by atoms with Gasteiger partial charge in [-0.2, -0.15) is 13.2 Å². The third kappa shape index (κ3) is 6.44. The van der Waals surface area contributed by atoms with E-state index in [0.29, 0.717) is 29.2 Å². The van der Waals surface area contributed by atoms with Crippen LogP contribution < -0.4 is 15.6 Å². The molecule has 1 aromatic heterocycles. The lowest BCUT2D eigenvalue weighted by molar-refractivity contribution is -0.137. The van der Waals surface area contributed by atoms with E-state index in [1.165, 1.54) is 31.0 Å². The quantitative estimate of drug-likeness (QED) is 0.102. The monoisotopic (exact) mass is 588 g/mol. The predicted octanol–water partition coefficient (Wildman–Crippen LogP) is 7.35. The molecule has 4 aromatic rings. The fourth-order valence-corrected chi connectivity index (χ4v) is 4.58. The van der Waals surface area contributed by atoms with Gasteiger partial charge in [0.25, 0.3) is 17.2 Å². The van der Waals surface area contributed by atoms with E-state index in [4.69, 9.17) is 22.9 Å². The zero-order chi connectivity index (χ0) is 29.0. The first kappa shape index (κ1) is 28.7. The van der Waals surface area contributed by atoms with E-state index in [0.717, 1.165) is 5.56 Å². The van der Waals surface area contributed by atoms with E-state index in [1.807, 2.05) is 0 Å². The number of amides is 1. The number of halogens is 5. The van der Waals surface area contributed by atoms with Crippen molar-refractivity contribution in [3.63, 3.8) is 0 Å². The number of H-pyrrole nitrogens is 1. The average molecular weight is 589 g/mol. The van der Waals surface area contributed by atoms with Crippen LogP contribution in [0.5, 0.6) is 5.75 Å².